The molecule has 0 bridgehead atoms. The topological polar surface area (TPSA) is 40.5 Å². The van der Waals surface area contributed by atoms with Gasteiger partial charge in [-0.2, -0.15) is 0 Å². The van der Waals surface area contributed by atoms with Gasteiger partial charge in [0.05, 0.1) is 0 Å². The van der Waals surface area contributed by atoms with Gasteiger partial charge < -0.3 is 10.0 Å². The highest BCUT2D eigenvalue weighted by Crippen LogP contribution is 2.29. The van der Waals surface area contributed by atoms with Crippen LogP contribution in [0, 0.1) is 0 Å². The van der Waals surface area contributed by atoms with E-state index in [0.29, 0.717) is 0 Å². The van der Waals surface area contributed by atoms with Gasteiger partial charge in [-0.1, -0.05) is 30.3 Å². The number of benzene rings is 1. The quantitative estimate of drug-likeness (QED) is 0.843. The summed E-state index contributed by atoms with van der Waals surface area (Å²) in [6, 6.07) is 9.71. The summed E-state index contributed by atoms with van der Waals surface area (Å²) in [6.07, 6.45) is 3.65. The van der Waals surface area contributed by atoms with Crippen molar-refractivity contribution in [1.82, 2.24) is 4.90 Å². The summed E-state index contributed by atoms with van der Waals surface area (Å²) in [5, 5.41) is 8.31. The van der Waals surface area contributed by atoms with Crippen LogP contribution in [0.5, 0.6) is 0 Å². The monoisotopic (exact) mass is 281 g/mol. The lowest BCUT2D eigenvalue weighted by molar-refractivity contribution is -0.131. The van der Waals surface area contributed by atoms with Crippen LogP contribution in [0.4, 0.5) is 0 Å². The van der Waals surface area contributed by atoms with Gasteiger partial charge in [0.15, 0.2) is 0 Å². The van der Waals surface area contributed by atoms with Crippen molar-refractivity contribution < 1.29 is 9.90 Å². The number of carbonyl (C=O) groups is 1. The first-order chi connectivity index (χ1) is 9.24. The minimum absolute atomic E-state index is 0.00620. The minimum Gasteiger partial charge on any atom is -0.396 e. The lowest BCUT2D eigenvalue weighted by Gasteiger charge is -2.26. The molecule has 1 saturated heterocycles. The van der Waals surface area contributed by atoms with Gasteiger partial charge in [0.1, 0.15) is 5.38 Å². The summed E-state index contributed by atoms with van der Waals surface area (Å²) in [7, 11) is 0. The van der Waals surface area contributed by atoms with Crippen molar-refractivity contribution >= 4 is 17.5 Å². The van der Waals surface area contributed by atoms with E-state index >= 15 is 0 Å². The van der Waals surface area contributed by atoms with E-state index in [1.54, 1.807) is 0 Å². The lowest BCUT2D eigenvalue weighted by Crippen LogP contribution is -2.37. The fraction of sp³-hybridized carbons (Fsp3) is 0.533. The van der Waals surface area contributed by atoms with Crippen LogP contribution in [0.1, 0.15) is 36.6 Å². The molecule has 0 radical (unpaired) electrons. The van der Waals surface area contributed by atoms with E-state index in [9.17, 15) is 4.79 Å². The predicted octanol–water partition coefficient (Wildman–Crippen LogP) is 2.73. The van der Waals surface area contributed by atoms with Crippen molar-refractivity contribution in [3.8, 4) is 0 Å². The van der Waals surface area contributed by atoms with Crippen molar-refractivity contribution in [2.45, 2.75) is 37.1 Å². The number of aliphatic hydroxyl groups excluding tert-OH is 1. The second-order valence-electron chi connectivity index (χ2n) is 4.97. The van der Waals surface area contributed by atoms with Gasteiger partial charge >= 0.3 is 0 Å². The van der Waals surface area contributed by atoms with Crippen LogP contribution >= 0.6 is 11.6 Å². The van der Waals surface area contributed by atoms with Crippen molar-refractivity contribution in [3.05, 3.63) is 35.9 Å². The van der Waals surface area contributed by atoms with E-state index in [-0.39, 0.29) is 18.6 Å². The number of rotatable bonds is 5. The average Bonchev–Trinajstić information content (AvgIpc) is 2.92. The summed E-state index contributed by atoms with van der Waals surface area (Å²) in [5.74, 6) is -0.00620. The molecule has 4 heteroatoms. The molecule has 3 nitrogen and oxygen atoms in total. The number of hydrogen-bond donors (Lipinski definition) is 1. The largest absolute Gasteiger partial charge is 0.396 e. The smallest absolute Gasteiger partial charge is 0.245 e. The summed E-state index contributed by atoms with van der Waals surface area (Å²) < 4.78 is 0. The number of carbonyl (C=O) groups excluding carboxylic acids is 1. The molecule has 0 aromatic heterocycles. The standard InChI is InChI=1S/C15H20ClNO2/c16-14(12-6-2-1-3-7-12)15(19)17-10-4-8-13(17)9-5-11-18/h1-3,6-7,13-14,18H,4-5,8-11H2. The van der Waals surface area contributed by atoms with Crippen molar-refractivity contribution in [3.63, 3.8) is 0 Å². The predicted molar refractivity (Wildman–Crippen MR) is 76.1 cm³/mol. The minimum atomic E-state index is -0.601. The number of halogens is 1. The maximum atomic E-state index is 12.5. The molecule has 2 rings (SSSR count). The fourth-order valence-corrected chi connectivity index (χ4v) is 2.93. The fourth-order valence-electron chi connectivity index (χ4n) is 2.66. The van der Waals surface area contributed by atoms with Crippen LogP contribution in [-0.2, 0) is 4.79 Å². The highest BCUT2D eigenvalue weighted by molar-refractivity contribution is 6.30. The van der Waals surface area contributed by atoms with Crippen molar-refractivity contribution in [2.75, 3.05) is 13.2 Å². The molecule has 1 aromatic carbocycles. The Kier molecular flexibility index (Phi) is 5.23. The molecular formula is C15H20ClNO2. The zero-order valence-electron chi connectivity index (χ0n) is 11.0. The molecule has 1 heterocycles. The van der Waals surface area contributed by atoms with E-state index in [2.05, 4.69) is 0 Å². The lowest BCUT2D eigenvalue weighted by atomic mass is 10.1. The van der Waals surface area contributed by atoms with E-state index in [1.165, 1.54) is 0 Å². The first-order valence-electron chi connectivity index (χ1n) is 6.84. The average molecular weight is 282 g/mol. The molecule has 0 spiro atoms. The normalized spacial score (nSPS) is 20.5. The van der Waals surface area contributed by atoms with E-state index in [1.807, 2.05) is 35.2 Å². The second kappa shape index (κ2) is 6.92. The van der Waals surface area contributed by atoms with Gasteiger partial charge in [-0.15, -0.1) is 11.6 Å². The van der Waals surface area contributed by atoms with Gasteiger partial charge in [-0.25, -0.2) is 0 Å². The summed E-state index contributed by atoms with van der Waals surface area (Å²) >= 11 is 6.30. The maximum Gasteiger partial charge on any atom is 0.245 e. The van der Waals surface area contributed by atoms with Crippen LogP contribution < -0.4 is 0 Å². The summed E-state index contributed by atoms with van der Waals surface area (Å²) in [4.78, 5) is 14.3. The van der Waals surface area contributed by atoms with Crippen molar-refractivity contribution in [2.24, 2.45) is 0 Å². The summed E-state index contributed by atoms with van der Waals surface area (Å²) in [6.45, 7) is 0.965. The number of nitrogens with zero attached hydrogens (tertiary/aromatic N) is 1. The molecule has 1 aromatic rings. The van der Waals surface area contributed by atoms with Crippen LogP contribution in [0.25, 0.3) is 0 Å². The Morgan fingerprint density at radius 2 is 2.16 bits per heavy atom. The summed E-state index contributed by atoms with van der Waals surface area (Å²) in [5.41, 5.74) is 0.849. The molecule has 2 atom stereocenters. The van der Waals surface area contributed by atoms with Crippen LogP contribution in [0.3, 0.4) is 0 Å². The van der Waals surface area contributed by atoms with E-state index in [4.69, 9.17) is 16.7 Å². The molecule has 0 aliphatic carbocycles. The third kappa shape index (κ3) is 3.48. The molecule has 2 unspecified atom stereocenters. The van der Waals surface area contributed by atoms with Crippen molar-refractivity contribution in [1.29, 1.82) is 0 Å². The Bertz CT molecular complexity index is 410. The molecule has 1 aliphatic heterocycles. The Morgan fingerprint density at radius 3 is 2.84 bits per heavy atom. The first-order valence-corrected chi connectivity index (χ1v) is 7.28. The molecule has 1 N–H and O–H groups in total. The number of hydrogen-bond acceptors (Lipinski definition) is 2. The van der Waals surface area contributed by atoms with Crippen LogP contribution in [0.2, 0.25) is 0 Å². The van der Waals surface area contributed by atoms with Gasteiger partial charge in [-0.05, 0) is 31.2 Å². The van der Waals surface area contributed by atoms with Gasteiger partial charge in [-0.3, -0.25) is 4.79 Å². The van der Waals surface area contributed by atoms with Gasteiger partial charge in [0.25, 0.3) is 0 Å². The highest BCUT2D eigenvalue weighted by atomic mass is 35.5. The van der Waals surface area contributed by atoms with Gasteiger partial charge in [0, 0.05) is 19.2 Å². The third-order valence-corrected chi connectivity index (χ3v) is 4.10. The molecule has 1 aliphatic rings. The molecule has 0 saturated carbocycles. The third-order valence-electron chi connectivity index (χ3n) is 3.66. The number of alkyl halides is 1. The number of amides is 1. The second-order valence-corrected chi connectivity index (χ2v) is 5.40. The zero-order valence-corrected chi connectivity index (χ0v) is 11.7. The Hall–Kier alpha value is -1.06. The molecule has 1 fully saturated rings. The molecular weight excluding hydrogens is 262 g/mol. The zero-order chi connectivity index (χ0) is 13.7. The Morgan fingerprint density at radius 1 is 1.42 bits per heavy atom. The van der Waals surface area contributed by atoms with E-state index in [0.717, 1.165) is 37.8 Å². The van der Waals surface area contributed by atoms with E-state index < -0.39 is 5.38 Å². The molecule has 1 amide bonds. The Balaban J connectivity index is 2.02. The molecule has 104 valence electrons. The molecule has 19 heavy (non-hydrogen) atoms. The first kappa shape index (κ1) is 14.4. The highest BCUT2D eigenvalue weighted by Gasteiger charge is 2.32. The Labute approximate surface area is 119 Å². The van der Waals surface area contributed by atoms with Crippen LogP contribution in [-0.4, -0.2) is 35.1 Å². The number of likely N-dealkylation sites (tertiary alicyclic amines) is 1. The number of aliphatic hydroxyl groups is 1. The SMILES string of the molecule is O=C(C(Cl)c1ccccc1)N1CCCC1CCCO. The van der Waals surface area contributed by atoms with Crippen LogP contribution in [0.15, 0.2) is 30.3 Å². The maximum absolute atomic E-state index is 12.5. The van der Waals surface area contributed by atoms with Gasteiger partial charge in [0.2, 0.25) is 5.91 Å².